The highest BCUT2D eigenvalue weighted by Gasteiger charge is 2.33. The second-order valence-corrected chi connectivity index (χ2v) is 7.22. The number of hydrogen-bond donors (Lipinski definition) is 0. The molecule has 2 aliphatic heterocycles. The maximum atomic E-state index is 12.5. The SMILES string of the molecule is CC(=O)N1CCC(C2CCN(C(=O)CCc3ccccc3)C2)CC1. The van der Waals surface area contributed by atoms with E-state index in [1.807, 2.05) is 23.1 Å². The van der Waals surface area contributed by atoms with Crippen LogP contribution in [0, 0.1) is 11.8 Å². The van der Waals surface area contributed by atoms with Crippen LogP contribution in [0.2, 0.25) is 0 Å². The van der Waals surface area contributed by atoms with Gasteiger partial charge in [0.15, 0.2) is 0 Å². The summed E-state index contributed by atoms with van der Waals surface area (Å²) < 4.78 is 0. The molecule has 130 valence electrons. The van der Waals surface area contributed by atoms with Crippen LogP contribution in [0.5, 0.6) is 0 Å². The van der Waals surface area contributed by atoms with Crippen LogP contribution in [0.4, 0.5) is 0 Å². The first-order valence-corrected chi connectivity index (χ1v) is 9.20. The number of aryl methyl sites for hydroxylation is 1. The maximum Gasteiger partial charge on any atom is 0.222 e. The number of piperidine rings is 1. The van der Waals surface area contributed by atoms with E-state index >= 15 is 0 Å². The van der Waals surface area contributed by atoms with Crippen LogP contribution in [0.1, 0.15) is 38.2 Å². The fourth-order valence-corrected chi connectivity index (χ4v) is 4.14. The Morgan fingerprint density at radius 3 is 2.25 bits per heavy atom. The van der Waals surface area contributed by atoms with Gasteiger partial charge in [-0.3, -0.25) is 9.59 Å². The Morgan fingerprint density at radius 1 is 0.958 bits per heavy atom. The molecular formula is C20H28N2O2. The zero-order chi connectivity index (χ0) is 16.9. The van der Waals surface area contributed by atoms with Gasteiger partial charge in [-0.25, -0.2) is 0 Å². The zero-order valence-corrected chi connectivity index (χ0v) is 14.6. The van der Waals surface area contributed by atoms with E-state index in [1.54, 1.807) is 6.92 Å². The lowest BCUT2D eigenvalue weighted by Crippen LogP contribution is -2.39. The van der Waals surface area contributed by atoms with Crippen LogP contribution in [-0.2, 0) is 16.0 Å². The van der Waals surface area contributed by atoms with Gasteiger partial charge in [-0.15, -0.1) is 0 Å². The molecular weight excluding hydrogens is 300 g/mol. The third-order valence-electron chi connectivity index (χ3n) is 5.70. The van der Waals surface area contributed by atoms with Gasteiger partial charge in [-0.05, 0) is 43.1 Å². The monoisotopic (exact) mass is 328 g/mol. The van der Waals surface area contributed by atoms with Crippen LogP contribution in [-0.4, -0.2) is 47.8 Å². The molecule has 0 radical (unpaired) electrons. The molecule has 1 aromatic rings. The van der Waals surface area contributed by atoms with E-state index in [2.05, 4.69) is 17.0 Å². The first kappa shape index (κ1) is 17.0. The Kier molecular flexibility index (Phi) is 5.54. The van der Waals surface area contributed by atoms with Crippen molar-refractivity contribution in [3.63, 3.8) is 0 Å². The van der Waals surface area contributed by atoms with E-state index in [0.29, 0.717) is 24.2 Å². The van der Waals surface area contributed by atoms with E-state index < -0.39 is 0 Å². The van der Waals surface area contributed by atoms with Crippen molar-refractivity contribution in [1.82, 2.24) is 9.80 Å². The van der Waals surface area contributed by atoms with Gasteiger partial charge in [0.05, 0.1) is 0 Å². The minimum atomic E-state index is 0.192. The largest absolute Gasteiger partial charge is 0.343 e. The predicted octanol–water partition coefficient (Wildman–Crippen LogP) is 2.73. The van der Waals surface area contributed by atoms with Crippen LogP contribution in [0.3, 0.4) is 0 Å². The Bertz CT molecular complexity index is 564. The molecule has 2 aliphatic rings. The summed E-state index contributed by atoms with van der Waals surface area (Å²) in [6.45, 7) is 5.25. The minimum Gasteiger partial charge on any atom is -0.343 e. The van der Waals surface area contributed by atoms with Gasteiger partial charge in [-0.2, -0.15) is 0 Å². The van der Waals surface area contributed by atoms with Gasteiger partial charge < -0.3 is 9.80 Å². The van der Waals surface area contributed by atoms with Crippen LogP contribution < -0.4 is 0 Å². The fourth-order valence-electron chi connectivity index (χ4n) is 4.14. The minimum absolute atomic E-state index is 0.192. The number of amides is 2. The normalized spacial score (nSPS) is 22.0. The summed E-state index contributed by atoms with van der Waals surface area (Å²) in [7, 11) is 0. The average Bonchev–Trinajstić information content (AvgIpc) is 3.11. The Labute approximate surface area is 144 Å². The molecule has 0 aromatic heterocycles. The van der Waals surface area contributed by atoms with Crippen LogP contribution in [0.15, 0.2) is 30.3 Å². The van der Waals surface area contributed by atoms with E-state index in [-0.39, 0.29) is 5.91 Å². The Morgan fingerprint density at radius 2 is 1.58 bits per heavy atom. The van der Waals surface area contributed by atoms with Gasteiger partial charge in [0.25, 0.3) is 0 Å². The summed E-state index contributed by atoms with van der Waals surface area (Å²) in [5.41, 5.74) is 1.23. The van der Waals surface area contributed by atoms with E-state index in [0.717, 1.165) is 51.9 Å². The van der Waals surface area contributed by atoms with Gasteiger partial charge in [0, 0.05) is 39.5 Å². The standard InChI is InChI=1S/C20H28N2O2/c1-16(23)21-12-9-18(10-13-21)19-11-14-22(15-19)20(24)8-7-17-5-3-2-4-6-17/h2-6,18-19H,7-15H2,1H3. The number of hydrogen-bond acceptors (Lipinski definition) is 2. The third kappa shape index (κ3) is 4.16. The highest BCUT2D eigenvalue weighted by atomic mass is 16.2. The van der Waals surface area contributed by atoms with Crippen molar-refractivity contribution < 1.29 is 9.59 Å². The first-order valence-electron chi connectivity index (χ1n) is 9.20. The zero-order valence-electron chi connectivity index (χ0n) is 14.6. The molecule has 1 atom stereocenters. The van der Waals surface area contributed by atoms with E-state index in [1.165, 1.54) is 5.56 Å². The van der Waals surface area contributed by atoms with E-state index in [9.17, 15) is 9.59 Å². The van der Waals surface area contributed by atoms with Crippen LogP contribution in [0.25, 0.3) is 0 Å². The molecule has 0 bridgehead atoms. The molecule has 0 saturated carbocycles. The molecule has 4 nitrogen and oxygen atoms in total. The molecule has 0 N–H and O–H groups in total. The topological polar surface area (TPSA) is 40.6 Å². The van der Waals surface area contributed by atoms with Gasteiger partial charge in [-0.1, -0.05) is 30.3 Å². The highest BCUT2D eigenvalue weighted by molar-refractivity contribution is 5.76. The van der Waals surface area contributed by atoms with Gasteiger partial charge >= 0.3 is 0 Å². The Hall–Kier alpha value is -1.84. The summed E-state index contributed by atoms with van der Waals surface area (Å²) in [4.78, 5) is 27.9. The van der Waals surface area contributed by atoms with Crippen molar-refractivity contribution in [2.45, 2.75) is 39.0 Å². The number of rotatable bonds is 4. The van der Waals surface area contributed by atoms with Crippen molar-refractivity contribution in [1.29, 1.82) is 0 Å². The van der Waals surface area contributed by atoms with Crippen molar-refractivity contribution in [2.24, 2.45) is 11.8 Å². The lowest BCUT2D eigenvalue weighted by molar-refractivity contribution is -0.130. The molecule has 24 heavy (non-hydrogen) atoms. The molecule has 2 fully saturated rings. The number of benzene rings is 1. The summed E-state index contributed by atoms with van der Waals surface area (Å²) in [5.74, 6) is 1.78. The first-order chi connectivity index (χ1) is 11.6. The summed E-state index contributed by atoms with van der Waals surface area (Å²) >= 11 is 0. The second kappa shape index (κ2) is 7.82. The molecule has 2 saturated heterocycles. The number of carbonyl (C=O) groups is 2. The predicted molar refractivity (Wildman–Crippen MR) is 94.4 cm³/mol. The molecule has 2 heterocycles. The highest BCUT2D eigenvalue weighted by Crippen LogP contribution is 2.32. The van der Waals surface area contributed by atoms with Crippen LogP contribution >= 0.6 is 0 Å². The van der Waals surface area contributed by atoms with Crippen molar-refractivity contribution in [3.05, 3.63) is 35.9 Å². The number of carbonyl (C=O) groups excluding carboxylic acids is 2. The molecule has 1 unspecified atom stereocenters. The number of likely N-dealkylation sites (tertiary alicyclic amines) is 2. The number of nitrogens with zero attached hydrogens (tertiary/aromatic N) is 2. The smallest absolute Gasteiger partial charge is 0.222 e. The second-order valence-electron chi connectivity index (χ2n) is 7.22. The van der Waals surface area contributed by atoms with Gasteiger partial charge in [0.2, 0.25) is 11.8 Å². The Balaban J connectivity index is 1.43. The molecule has 2 amide bonds. The van der Waals surface area contributed by atoms with Crippen molar-refractivity contribution in [2.75, 3.05) is 26.2 Å². The molecule has 1 aromatic carbocycles. The quantitative estimate of drug-likeness (QED) is 0.853. The molecule has 4 heteroatoms. The molecule has 0 aliphatic carbocycles. The van der Waals surface area contributed by atoms with Crippen molar-refractivity contribution >= 4 is 11.8 Å². The fraction of sp³-hybridized carbons (Fsp3) is 0.600. The van der Waals surface area contributed by atoms with Crippen molar-refractivity contribution in [3.8, 4) is 0 Å². The molecule has 3 rings (SSSR count). The molecule has 0 spiro atoms. The average molecular weight is 328 g/mol. The lowest BCUT2D eigenvalue weighted by atomic mass is 9.84. The lowest BCUT2D eigenvalue weighted by Gasteiger charge is -2.34. The maximum absolute atomic E-state index is 12.5. The third-order valence-corrected chi connectivity index (χ3v) is 5.70. The summed E-state index contributed by atoms with van der Waals surface area (Å²) in [5, 5.41) is 0. The summed E-state index contributed by atoms with van der Waals surface area (Å²) in [6, 6.07) is 10.2. The van der Waals surface area contributed by atoms with E-state index in [4.69, 9.17) is 0 Å². The summed E-state index contributed by atoms with van der Waals surface area (Å²) in [6.07, 6.45) is 4.76. The van der Waals surface area contributed by atoms with Gasteiger partial charge in [0.1, 0.15) is 0 Å².